The predicted octanol–water partition coefficient (Wildman–Crippen LogP) is 5.36. The molecule has 1 aliphatic rings. The molecule has 28 heavy (non-hydrogen) atoms. The molecule has 0 spiro atoms. The van der Waals surface area contributed by atoms with E-state index in [1.807, 2.05) is 30.0 Å². The van der Waals surface area contributed by atoms with Gasteiger partial charge in [0.1, 0.15) is 0 Å². The highest BCUT2D eigenvalue weighted by molar-refractivity contribution is 9.10. The summed E-state index contributed by atoms with van der Waals surface area (Å²) in [7, 11) is 0. The molecule has 3 rings (SSSR count). The van der Waals surface area contributed by atoms with Crippen LogP contribution in [-0.4, -0.2) is 36.2 Å². The molecule has 0 unspecified atom stereocenters. The normalized spacial score (nSPS) is 15.5. The molecule has 2 aromatic carbocycles. The van der Waals surface area contributed by atoms with Crippen LogP contribution in [0.3, 0.4) is 0 Å². The average molecular weight is 482 g/mol. The second kappa shape index (κ2) is 11.2. The lowest BCUT2D eigenvalue weighted by atomic mass is 9.95. The lowest BCUT2D eigenvalue weighted by Gasteiger charge is -2.31. The van der Waals surface area contributed by atoms with Crippen LogP contribution in [0.4, 0.5) is 0 Å². The molecule has 1 fully saturated rings. The molecule has 0 saturated carbocycles. The first-order chi connectivity index (χ1) is 13.6. The number of hydrogen-bond donors (Lipinski definition) is 1. The third-order valence-electron chi connectivity index (χ3n) is 4.98. The molecule has 0 radical (unpaired) electrons. The van der Waals surface area contributed by atoms with E-state index in [9.17, 15) is 4.79 Å². The highest BCUT2D eigenvalue weighted by Gasteiger charge is 2.24. The summed E-state index contributed by atoms with van der Waals surface area (Å²) in [6.45, 7) is 3.65. The molecule has 0 bridgehead atoms. The lowest BCUT2D eigenvalue weighted by Crippen LogP contribution is -2.40. The molecular weight excluding hydrogens is 456 g/mol. The minimum Gasteiger partial charge on any atom is -0.355 e. The molecule has 2 aromatic rings. The van der Waals surface area contributed by atoms with Crippen LogP contribution >= 0.6 is 39.3 Å². The van der Waals surface area contributed by atoms with Crippen molar-refractivity contribution < 1.29 is 4.79 Å². The minimum atomic E-state index is 0.152. The number of piperidine rings is 1. The van der Waals surface area contributed by atoms with Crippen molar-refractivity contribution in [3.63, 3.8) is 0 Å². The summed E-state index contributed by atoms with van der Waals surface area (Å²) in [6.07, 6.45) is 1.88. The Kier molecular flexibility index (Phi) is 8.71. The van der Waals surface area contributed by atoms with Gasteiger partial charge in [-0.25, -0.2) is 0 Å². The van der Waals surface area contributed by atoms with Gasteiger partial charge in [-0.15, -0.1) is 0 Å². The molecule has 0 aliphatic carbocycles. The van der Waals surface area contributed by atoms with Gasteiger partial charge in [-0.2, -0.15) is 11.8 Å². The topological polar surface area (TPSA) is 32.3 Å². The number of rotatable bonds is 8. The van der Waals surface area contributed by atoms with Crippen molar-refractivity contribution in [2.45, 2.75) is 25.1 Å². The zero-order chi connectivity index (χ0) is 19.8. The summed E-state index contributed by atoms with van der Waals surface area (Å²) in [5, 5.41) is 3.89. The quantitative estimate of drug-likeness (QED) is 0.515. The standard InChI is InChI=1S/C22H26BrClN2OS/c23-20-6-4-17(5-7-20)15-26-11-8-19(9-12-26)22(27)25-10-13-28-16-18-2-1-3-21(24)14-18/h1-7,14,19H,8-13,15-16H2,(H,25,27). The SMILES string of the molecule is O=C(NCCSCc1cccc(Cl)c1)C1CCN(Cc2ccc(Br)cc2)CC1. The van der Waals surface area contributed by atoms with E-state index in [-0.39, 0.29) is 11.8 Å². The Labute approximate surface area is 185 Å². The first-order valence-corrected chi connectivity index (χ1v) is 12.0. The van der Waals surface area contributed by atoms with Crippen molar-refractivity contribution in [3.05, 3.63) is 69.2 Å². The molecule has 1 amide bonds. The van der Waals surface area contributed by atoms with E-state index in [0.29, 0.717) is 0 Å². The number of halogens is 2. The van der Waals surface area contributed by atoms with Crippen molar-refractivity contribution in [1.29, 1.82) is 0 Å². The molecule has 6 heteroatoms. The fourth-order valence-corrected chi connectivity index (χ4v) is 4.69. The van der Waals surface area contributed by atoms with Crippen LogP contribution in [0.25, 0.3) is 0 Å². The van der Waals surface area contributed by atoms with Gasteiger partial charge in [0.15, 0.2) is 0 Å². The average Bonchev–Trinajstić information content (AvgIpc) is 2.70. The molecule has 1 N–H and O–H groups in total. The Morgan fingerprint density at radius 1 is 1.14 bits per heavy atom. The number of likely N-dealkylation sites (tertiary alicyclic amines) is 1. The third-order valence-corrected chi connectivity index (χ3v) is 6.78. The van der Waals surface area contributed by atoms with Crippen LogP contribution in [0.15, 0.2) is 53.0 Å². The maximum absolute atomic E-state index is 12.4. The van der Waals surface area contributed by atoms with Crippen molar-refractivity contribution in [1.82, 2.24) is 10.2 Å². The fraction of sp³-hybridized carbons (Fsp3) is 0.409. The first kappa shape index (κ1) is 21.7. The maximum atomic E-state index is 12.4. The number of amides is 1. The summed E-state index contributed by atoms with van der Waals surface area (Å²) >= 11 is 11.3. The van der Waals surface area contributed by atoms with Crippen LogP contribution in [0.2, 0.25) is 5.02 Å². The molecule has 0 aromatic heterocycles. The second-order valence-corrected chi connectivity index (χ2v) is 9.61. The number of benzene rings is 2. The smallest absolute Gasteiger partial charge is 0.223 e. The summed E-state index contributed by atoms with van der Waals surface area (Å²) in [5.74, 6) is 2.21. The lowest BCUT2D eigenvalue weighted by molar-refractivity contribution is -0.126. The fourth-order valence-electron chi connectivity index (χ4n) is 3.41. The van der Waals surface area contributed by atoms with Crippen LogP contribution in [0.5, 0.6) is 0 Å². The molecule has 1 heterocycles. The summed E-state index contributed by atoms with van der Waals surface area (Å²) in [5.41, 5.74) is 2.55. The number of hydrogen-bond acceptors (Lipinski definition) is 3. The van der Waals surface area contributed by atoms with Crippen LogP contribution in [-0.2, 0) is 17.1 Å². The number of nitrogens with zero attached hydrogens (tertiary/aromatic N) is 1. The number of carbonyl (C=O) groups is 1. The van der Waals surface area contributed by atoms with E-state index < -0.39 is 0 Å². The van der Waals surface area contributed by atoms with Crippen LogP contribution in [0, 0.1) is 5.92 Å². The monoisotopic (exact) mass is 480 g/mol. The zero-order valence-corrected chi connectivity index (χ0v) is 19.0. The van der Waals surface area contributed by atoms with Gasteiger partial charge in [-0.05, 0) is 61.3 Å². The van der Waals surface area contributed by atoms with Crippen molar-refractivity contribution >= 4 is 45.2 Å². The summed E-state index contributed by atoms with van der Waals surface area (Å²) in [6, 6.07) is 16.4. The molecule has 0 atom stereocenters. The van der Waals surface area contributed by atoms with Crippen molar-refractivity contribution in [2.24, 2.45) is 5.92 Å². The Morgan fingerprint density at radius 2 is 1.89 bits per heavy atom. The van der Waals surface area contributed by atoms with E-state index >= 15 is 0 Å². The van der Waals surface area contributed by atoms with E-state index in [1.165, 1.54) is 11.1 Å². The largest absolute Gasteiger partial charge is 0.355 e. The number of thioether (sulfide) groups is 1. The zero-order valence-electron chi connectivity index (χ0n) is 15.9. The van der Waals surface area contributed by atoms with E-state index in [1.54, 1.807) is 0 Å². The van der Waals surface area contributed by atoms with Gasteiger partial charge in [0.2, 0.25) is 5.91 Å². The molecule has 1 aliphatic heterocycles. The third kappa shape index (κ3) is 7.11. The van der Waals surface area contributed by atoms with Gasteiger partial charge in [0.05, 0.1) is 0 Å². The summed E-state index contributed by atoms with van der Waals surface area (Å²) < 4.78 is 1.11. The first-order valence-electron chi connectivity index (χ1n) is 9.67. The van der Waals surface area contributed by atoms with E-state index in [0.717, 1.165) is 60.0 Å². The van der Waals surface area contributed by atoms with Crippen LogP contribution < -0.4 is 5.32 Å². The van der Waals surface area contributed by atoms with Gasteiger partial charge >= 0.3 is 0 Å². The molecule has 150 valence electrons. The maximum Gasteiger partial charge on any atom is 0.223 e. The van der Waals surface area contributed by atoms with Gasteiger partial charge in [0, 0.05) is 40.0 Å². The van der Waals surface area contributed by atoms with Gasteiger partial charge in [-0.1, -0.05) is 51.8 Å². The molecule has 3 nitrogen and oxygen atoms in total. The molecular formula is C22H26BrClN2OS. The van der Waals surface area contributed by atoms with Crippen molar-refractivity contribution in [2.75, 3.05) is 25.4 Å². The molecule has 1 saturated heterocycles. The second-order valence-electron chi connectivity index (χ2n) is 7.15. The Bertz CT molecular complexity index is 763. The van der Waals surface area contributed by atoms with E-state index in [2.05, 4.69) is 56.5 Å². The van der Waals surface area contributed by atoms with Crippen molar-refractivity contribution in [3.8, 4) is 0 Å². The Balaban J connectivity index is 1.30. The van der Waals surface area contributed by atoms with Gasteiger partial charge < -0.3 is 5.32 Å². The Morgan fingerprint density at radius 3 is 2.61 bits per heavy atom. The number of nitrogens with one attached hydrogen (secondary N) is 1. The predicted molar refractivity (Wildman–Crippen MR) is 123 cm³/mol. The highest BCUT2D eigenvalue weighted by Crippen LogP contribution is 2.20. The van der Waals surface area contributed by atoms with Gasteiger partial charge in [0.25, 0.3) is 0 Å². The number of carbonyl (C=O) groups excluding carboxylic acids is 1. The Hall–Kier alpha value is -1.01. The summed E-state index contributed by atoms with van der Waals surface area (Å²) in [4.78, 5) is 14.9. The minimum absolute atomic E-state index is 0.152. The van der Waals surface area contributed by atoms with E-state index in [4.69, 9.17) is 11.6 Å². The van der Waals surface area contributed by atoms with Gasteiger partial charge in [-0.3, -0.25) is 9.69 Å². The van der Waals surface area contributed by atoms with Crippen LogP contribution in [0.1, 0.15) is 24.0 Å². The highest BCUT2D eigenvalue weighted by atomic mass is 79.9.